The van der Waals surface area contributed by atoms with Crippen molar-refractivity contribution in [2.45, 2.75) is 65.6 Å². The van der Waals surface area contributed by atoms with Crippen LogP contribution in [0.15, 0.2) is 29.8 Å². The number of benzene rings is 1. The predicted molar refractivity (Wildman–Crippen MR) is 94.7 cm³/mol. The molecule has 2 rings (SSSR count). The van der Waals surface area contributed by atoms with E-state index < -0.39 is 11.9 Å². The average molecular weight is 346 g/mol. The number of carbonyl (C=O) groups is 2. The van der Waals surface area contributed by atoms with Gasteiger partial charge in [-0.05, 0) is 51.7 Å². The number of carbonyl (C=O) groups excluding carboxylic acids is 2. The van der Waals surface area contributed by atoms with Gasteiger partial charge in [0.05, 0.1) is 11.7 Å². The van der Waals surface area contributed by atoms with E-state index >= 15 is 0 Å². The van der Waals surface area contributed by atoms with E-state index in [9.17, 15) is 9.59 Å². The molecule has 1 atom stereocenters. The van der Waals surface area contributed by atoms with E-state index in [1.807, 2.05) is 6.07 Å². The molecule has 1 aromatic rings. The molecule has 0 N–H and O–H groups in total. The molecule has 0 bridgehead atoms. The van der Waals surface area contributed by atoms with E-state index in [-0.39, 0.29) is 5.60 Å². The molecule has 1 aliphatic heterocycles. The van der Waals surface area contributed by atoms with E-state index in [2.05, 4.69) is 26.8 Å². The van der Waals surface area contributed by atoms with Crippen molar-refractivity contribution >= 4 is 11.9 Å². The van der Waals surface area contributed by atoms with Gasteiger partial charge in [0.1, 0.15) is 11.5 Å². The van der Waals surface area contributed by atoms with Gasteiger partial charge in [0.2, 0.25) is 0 Å². The topological polar surface area (TPSA) is 65.1 Å². The summed E-state index contributed by atoms with van der Waals surface area (Å²) in [5.74, 6) is -0.0409. The van der Waals surface area contributed by atoms with Gasteiger partial charge in [0, 0.05) is 19.9 Å². The molecule has 0 aromatic heterocycles. The largest absolute Gasteiger partial charge is 0.427 e. The highest BCUT2D eigenvalue weighted by Crippen LogP contribution is 2.39. The Balaban J connectivity index is 2.02. The molecule has 0 spiro atoms. The second-order valence-electron chi connectivity index (χ2n) is 6.96. The molecule has 0 aliphatic carbocycles. The molecule has 1 aromatic carbocycles. The smallest absolute Gasteiger partial charge is 0.308 e. The van der Waals surface area contributed by atoms with Crippen molar-refractivity contribution in [3.8, 4) is 11.5 Å². The number of epoxide rings is 1. The fourth-order valence-electron chi connectivity index (χ4n) is 2.67. The molecule has 5 heteroatoms. The molecule has 1 saturated heterocycles. The average Bonchev–Trinajstić information content (AvgIpc) is 3.10. The first-order chi connectivity index (χ1) is 11.7. The summed E-state index contributed by atoms with van der Waals surface area (Å²) in [6, 6.07) is 5.09. The van der Waals surface area contributed by atoms with Crippen LogP contribution in [0.1, 0.15) is 53.0 Å². The number of allylic oxidation sites excluding steroid dienone is 2. The van der Waals surface area contributed by atoms with E-state index in [4.69, 9.17) is 14.2 Å². The molecule has 1 heterocycles. The second-order valence-corrected chi connectivity index (χ2v) is 6.96. The van der Waals surface area contributed by atoms with Gasteiger partial charge in [-0.25, -0.2) is 0 Å². The Morgan fingerprint density at radius 2 is 1.80 bits per heavy atom. The number of rotatable bonds is 7. The van der Waals surface area contributed by atoms with Crippen molar-refractivity contribution in [3.05, 3.63) is 35.4 Å². The van der Waals surface area contributed by atoms with Gasteiger partial charge in [-0.1, -0.05) is 17.7 Å². The Kier molecular flexibility index (Phi) is 6.01. The van der Waals surface area contributed by atoms with Crippen molar-refractivity contribution in [3.63, 3.8) is 0 Å². The molecule has 136 valence electrons. The van der Waals surface area contributed by atoms with Gasteiger partial charge < -0.3 is 14.2 Å². The summed E-state index contributed by atoms with van der Waals surface area (Å²) in [7, 11) is 0. The zero-order chi connectivity index (χ0) is 18.6. The van der Waals surface area contributed by atoms with Crippen LogP contribution in [0.25, 0.3) is 0 Å². The van der Waals surface area contributed by atoms with Crippen molar-refractivity contribution in [2.24, 2.45) is 0 Å². The van der Waals surface area contributed by atoms with E-state index in [0.29, 0.717) is 24.0 Å². The summed E-state index contributed by atoms with van der Waals surface area (Å²) in [4.78, 5) is 22.4. The van der Waals surface area contributed by atoms with Crippen molar-refractivity contribution in [2.75, 3.05) is 0 Å². The number of hydrogen-bond acceptors (Lipinski definition) is 5. The van der Waals surface area contributed by atoms with Crippen LogP contribution in [-0.2, 0) is 20.7 Å². The van der Waals surface area contributed by atoms with Crippen LogP contribution >= 0.6 is 0 Å². The minimum atomic E-state index is -0.414. The third-order valence-electron chi connectivity index (χ3n) is 4.19. The maximum absolute atomic E-state index is 11.3. The Labute approximate surface area is 149 Å². The standard InChI is InChI=1S/C20H26O5/c1-13(7-11-19-20(4,5)25-19)6-8-16-9-10-17(23-14(2)21)12-18(16)24-15(3)22/h6,9-10,12,19H,7-8,11H2,1-5H3/b13-6+. The van der Waals surface area contributed by atoms with Crippen molar-refractivity contribution in [1.29, 1.82) is 0 Å². The predicted octanol–water partition coefficient (Wildman–Crippen LogP) is 3.98. The molecular weight excluding hydrogens is 320 g/mol. The molecule has 1 aliphatic rings. The van der Waals surface area contributed by atoms with Crippen LogP contribution in [0.4, 0.5) is 0 Å². The SMILES string of the molecule is CC(=O)Oc1ccc(C/C=C(\C)CCC2OC2(C)C)c(OC(C)=O)c1. The van der Waals surface area contributed by atoms with Crippen molar-refractivity contribution < 1.29 is 23.8 Å². The Hall–Kier alpha value is -2.14. The van der Waals surface area contributed by atoms with Gasteiger partial charge in [0.15, 0.2) is 0 Å². The summed E-state index contributed by atoms with van der Waals surface area (Å²) in [5.41, 5.74) is 2.16. The lowest BCUT2D eigenvalue weighted by atomic mass is 10.0. The summed E-state index contributed by atoms with van der Waals surface area (Å²) in [6.07, 6.45) is 5.10. The lowest BCUT2D eigenvalue weighted by Gasteiger charge is -2.10. The summed E-state index contributed by atoms with van der Waals surface area (Å²) >= 11 is 0. The van der Waals surface area contributed by atoms with E-state index in [1.165, 1.54) is 19.4 Å². The second kappa shape index (κ2) is 7.83. The monoisotopic (exact) mass is 346 g/mol. The third kappa shape index (κ3) is 6.02. The molecular formula is C20H26O5. The third-order valence-corrected chi connectivity index (χ3v) is 4.19. The first kappa shape index (κ1) is 19.2. The van der Waals surface area contributed by atoms with Crippen LogP contribution in [0.5, 0.6) is 11.5 Å². The fraction of sp³-hybridized carbons (Fsp3) is 0.500. The summed E-state index contributed by atoms with van der Waals surface area (Å²) < 4.78 is 15.9. The van der Waals surface area contributed by atoms with Gasteiger partial charge in [-0.3, -0.25) is 9.59 Å². The van der Waals surface area contributed by atoms with Gasteiger partial charge in [-0.15, -0.1) is 0 Å². The Morgan fingerprint density at radius 1 is 1.16 bits per heavy atom. The molecule has 0 radical (unpaired) electrons. The van der Waals surface area contributed by atoms with Crippen LogP contribution < -0.4 is 9.47 Å². The molecule has 1 fully saturated rings. The zero-order valence-electron chi connectivity index (χ0n) is 15.5. The molecule has 25 heavy (non-hydrogen) atoms. The molecule has 0 saturated carbocycles. The Bertz CT molecular complexity index is 687. The maximum Gasteiger partial charge on any atom is 0.308 e. The first-order valence-corrected chi connectivity index (χ1v) is 8.50. The van der Waals surface area contributed by atoms with E-state index in [1.54, 1.807) is 12.1 Å². The quantitative estimate of drug-likeness (QED) is 0.323. The minimum Gasteiger partial charge on any atom is -0.427 e. The van der Waals surface area contributed by atoms with Crippen LogP contribution in [0, 0.1) is 0 Å². The lowest BCUT2D eigenvalue weighted by Crippen LogP contribution is -2.06. The summed E-state index contributed by atoms with van der Waals surface area (Å²) in [5, 5.41) is 0. The van der Waals surface area contributed by atoms with Crippen molar-refractivity contribution in [1.82, 2.24) is 0 Å². The first-order valence-electron chi connectivity index (χ1n) is 8.50. The van der Waals surface area contributed by atoms with E-state index in [0.717, 1.165) is 18.4 Å². The van der Waals surface area contributed by atoms with Gasteiger partial charge in [0.25, 0.3) is 0 Å². The molecule has 1 unspecified atom stereocenters. The highest BCUT2D eigenvalue weighted by molar-refractivity contribution is 5.71. The Morgan fingerprint density at radius 3 is 2.36 bits per heavy atom. The lowest BCUT2D eigenvalue weighted by molar-refractivity contribution is -0.132. The van der Waals surface area contributed by atoms with Gasteiger partial charge >= 0.3 is 11.9 Å². The number of ether oxygens (including phenoxy) is 3. The number of esters is 2. The number of hydrogen-bond donors (Lipinski definition) is 0. The highest BCUT2D eigenvalue weighted by atomic mass is 16.6. The molecule has 0 amide bonds. The molecule has 5 nitrogen and oxygen atoms in total. The summed E-state index contributed by atoms with van der Waals surface area (Å²) in [6.45, 7) is 8.98. The van der Waals surface area contributed by atoms with Crippen LogP contribution in [0.2, 0.25) is 0 Å². The van der Waals surface area contributed by atoms with Gasteiger partial charge in [-0.2, -0.15) is 0 Å². The zero-order valence-corrected chi connectivity index (χ0v) is 15.5. The fourth-order valence-corrected chi connectivity index (χ4v) is 2.67. The van der Waals surface area contributed by atoms with Crippen LogP contribution in [0.3, 0.4) is 0 Å². The van der Waals surface area contributed by atoms with Crippen LogP contribution in [-0.4, -0.2) is 23.6 Å². The highest BCUT2D eigenvalue weighted by Gasteiger charge is 2.46. The minimum absolute atomic E-state index is 0.0231. The maximum atomic E-state index is 11.3. The normalized spacial score (nSPS) is 18.6.